The normalized spacial score (nSPS) is 7.14. The van der Waals surface area contributed by atoms with Gasteiger partial charge < -0.3 is 9.47 Å². The molecule has 2 nitrogen and oxygen atoms in total. The molecule has 0 saturated heterocycles. The number of rotatable bonds is 2. The molecule has 0 atom stereocenters. The molecule has 1 aromatic rings. The number of methoxy groups -OCH3 is 2. The smallest absolute Gasteiger partial charge is 0.160 e. The molecule has 0 amide bonds. The average Bonchev–Trinajstić information content (AvgIpc) is 2.34. The SMILES string of the molecule is C=C.CC.COc1ccccc1OC. The van der Waals surface area contributed by atoms with Crippen LogP contribution in [0.3, 0.4) is 0 Å². The molecule has 0 unspecified atom stereocenters. The molecule has 0 N–H and O–H groups in total. The largest absolute Gasteiger partial charge is 0.493 e. The maximum atomic E-state index is 5.01. The minimum absolute atomic E-state index is 0.769. The fourth-order valence-corrected chi connectivity index (χ4v) is 0.787. The van der Waals surface area contributed by atoms with Crippen LogP contribution in [0.2, 0.25) is 0 Å². The van der Waals surface area contributed by atoms with E-state index in [-0.39, 0.29) is 0 Å². The second-order valence-corrected chi connectivity index (χ2v) is 1.85. The first-order valence-corrected chi connectivity index (χ1v) is 4.55. The van der Waals surface area contributed by atoms with Crippen molar-refractivity contribution < 1.29 is 9.47 Å². The van der Waals surface area contributed by atoms with Crippen molar-refractivity contribution in [3.63, 3.8) is 0 Å². The Morgan fingerprint density at radius 2 is 1.14 bits per heavy atom. The summed E-state index contributed by atoms with van der Waals surface area (Å²) < 4.78 is 10.0. The van der Waals surface area contributed by atoms with Crippen LogP contribution in [-0.2, 0) is 0 Å². The van der Waals surface area contributed by atoms with Crippen molar-refractivity contribution in [1.29, 1.82) is 0 Å². The van der Waals surface area contributed by atoms with Gasteiger partial charge in [-0.2, -0.15) is 0 Å². The Hall–Kier alpha value is -1.44. The Balaban J connectivity index is 0. The summed E-state index contributed by atoms with van der Waals surface area (Å²) in [6.07, 6.45) is 0. The molecular weight excluding hydrogens is 176 g/mol. The van der Waals surface area contributed by atoms with Gasteiger partial charge in [0.15, 0.2) is 11.5 Å². The molecule has 1 aromatic carbocycles. The van der Waals surface area contributed by atoms with Gasteiger partial charge >= 0.3 is 0 Å². The van der Waals surface area contributed by atoms with Gasteiger partial charge in [-0.05, 0) is 12.1 Å². The molecule has 1 rings (SSSR count). The quantitative estimate of drug-likeness (QED) is 0.674. The first-order valence-electron chi connectivity index (χ1n) is 4.55. The number of ether oxygens (including phenoxy) is 2. The zero-order chi connectivity index (χ0) is 11.4. The maximum absolute atomic E-state index is 5.01. The van der Waals surface area contributed by atoms with Gasteiger partial charge in [0.25, 0.3) is 0 Å². The van der Waals surface area contributed by atoms with Crippen molar-refractivity contribution in [2.24, 2.45) is 0 Å². The lowest BCUT2D eigenvalue weighted by Crippen LogP contribution is -1.88. The highest BCUT2D eigenvalue weighted by Crippen LogP contribution is 2.24. The van der Waals surface area contributed by atoms with E-state index >= 15 is 0 Å². The van der Waals surface area contributed by atoms with E-state index in [9.17, 15) is 0 Å². The van der Waals surface area contributed by atoms with E-state index in [1.165, 1.54) is 0 Å². The van der Waals surface area contributed by atoms with Gasteiger partial charge in [0.05, 0.1) is 14.2 Å². The van der Waals surface area contributed by atoms with E-state index in [0.717, 1.165) is 11.5 Å². The van der Waals surface area contributed by atoms with Gasteiger partial charge in [0.2, 0.25) is 0 Å². The summed E-state index contributed by atoms with van der Waals surface area (Å²) in [6.45, 7) is 10.0. The summed E-state index contributed by atoms with van der Waals surface area (Å²) in [5.74, 6) is 1.54. The van der Waals surface area contributed by atoms with Crippen LogP contribution in [0.15, 0.2) is 37.4 Å². The van der Waals surface area contributed by atoms with Crippen molar-refractivity contribution >= 4 is 0 Å². The van der Waals surface area contributed by atoms with Crippen LogP contribution in [0.1, 0.15) is 13.8 Å². The number of para-hydroxylation sites is 2. The molecule has 0 spiro atoms. The summed E-state index contributed by atoms with van der Waals surface area (Å²) in [4.78, 5) is 0. The van der Waals surface area contributed by atoms with Crippen LogP contribution in [-0.4, -0.2) is 14.2 Å². The van der Waals surface area contributed by atoms with Crippen molar-refractivity contribution in [3.8, 4) is 11.5 Å². The molecule has 0 aromatic heterocycles. The summed E-state index contributed by atoms with van der Waals surface area (Å²) in [5.41, 5.74) is 0. The fraction of sp³-hybridized carbons (Fsp3) is 0.333. The molecular formula is C12H20O2. The summed E-state index contributed by atoms with van der Waals surface area (Å²) in [6, 6.07) is 7.53. The van der Waals surface area contributed by atoms with E-state index < -0.39 is 0 Å². The Morgan fingerprint density at radius 1 is 0.857 bits per heavy atom. The predicted molar refractivity (Wildman–Crippen MR) is 62.1 cm³/mol. The van der Waals surface area contributed by atoms with E-state index in [1.54, 1.807) is 14.2 Å². The standard InChI is InChI=1S/C8H10O2.C2H6.C2H4/c1-9-7-5-3-4-6-8(7)10-2;2*1-2/h3-6H,1-2H3;1-2H3;1-2H2. The van der Waals surface area contributed by atoms with Crippen molar-refractivity contribution in [2.75, 3.05) is 14.2 Å². The maximum Gasteiger partial charge on any atom is 0.160 e. The van der Waals surface area contributed by atoms with Crippen molar-refractivity contribution in [1.82, 2.24) is 0 Å². The van der Waals surface area contributed by atoms with Crippen molar-refractivity contribution in [2.45, 2.75) is 13.8 Å². The Kier molecular flexibility index (Phi) is 12.4. The summed E-state index contributed by atoms with van der Waals surface area (Å²) in [7, 11) is 3.25. The first-order chi connectivity index (χ1) is 6.88. The summed E-state index contributed by atoms with van der Waals surface area (Å²) >= 11 is 0. The molecule has 0 heterocycles. The highest BCUT2D eigenvalue weighted by Gasteiger charge is 1.97. The fourth-order valence-electron chi connectivity index (χ4n) is 0.787. The minimum atomic E-state index is 0.769. The topological polar surface area (TPSA) is 18.5 Å². The van der Waals surface area contributed by atoms with Crippen LogP contribution < -0.4 is 9.47 Å². The van der Waals surface area contributed by atoms with E-state index in [4.69, 9.17) is 9.47 Å². The van der Waals surface area contributed by atoms with Crippen LogP contribution >= 0.6 is 0 Å². The Bertz CT molecular complexity index is 198. The van der Waals surface area contributed by atoms with Gasteiger partial charge in [-0.3, -0.25) is 0 Å². The lowest BCUT2D eigenvalue weighted by atomic mass is 10.3. The monoisotopic (exact) mass is 196 g/mol. The second-order valence-electron chi connectivity index (χ2n) is 1.85. The van der Waals surface area contributed by atoms with Crippen LogP contribution in [0, 0.1) is 0 Å². The molecule has 0 saturated carbocycles. The molecule has 0 aliphatic carbocycles. The third kappa shape index (κ3) is 5.25. The third-order valence-electron chi connectivity index (χ3n) is 1.29. The van der Waals surface area contributed by atoms with Crippen LogP contribution in [0.5, 0.6) is 11.5 Å². The highest BCUT2D eigenvalue weighted by atomic mass is 16.5. The molecule has 0 aliphatic heterocycles. The number of benzene rings is 1. The first kappa shape index (κ1) is 15.1. The minimum Gasteiger partial charge on any atom is -0.493 e. The zero-order valence-electron chi connectivity index (χ0n) is 9.54. The molecule has 80 valence electrons. The molecule has 0 aliphatic rings. The molecule has 0 bridgehead atoms. The van der Waals surface area contributed by atoms with E-state index in [1.807, 2.05) is 38.1 Å². The molecule has 14 heavy (non-hydrogen) atoms. The Morgan fingerprint density at radius 3 is 1.36 bits per heavy atom. The van der Waals surface area contributed by atoms with Gasteiger partial charge in [-0.1, -0.05) is 26.0 Å². The molecule has 2 heteroatoms. The molecule has 0 radical (unpaired) electrons. The lowest BCUT2D eigenvalue weighted by Gasteiger charge is -2.04. The predicted octanol–water partition coefficient (Wildman–Crippen LogP) is 3.53. The van der Waals surface area contributed by atoms with E-state index in [2.05, 4.69) is 13.2 Å². The number of hydrogen-bond acceptors (Lipinski definition) is 2. The van der Waals surface area contributed by atoms with Crippen LogP contribution in [0.25, 0.3) is 0 Å². The third-order valence-corrected chi connectivity index (χ3v) is 1.29. The van der Waals surface area contributed by atoms with Gasteiger partial charge in [-0.25, -0.2) is 0 Å². The molecule has 0 fully saturated rings. The van der Waals surface area contributed by atoms with Gasteiger partial charge in [0.1, 0.15) is 0 Å². The van der Waals surface area contributed by atoms with E-state index in [0.29, 0.717) is 0 Å². The van der Waals surface area contributed by atoms with Gasteiger partial charge in [-0.15, -0.1) is 13.2 Å². The van der Waals surface area contributed by atoms with Gasteiger partial charge in [0, 0.05) is 0 Å². The van der Waals surface area contributed by atoms with Crippen molar-refractivity contribution in [3.05, 3.63) is 37.4 Å². The number of hydrogen-bond donors (Lipinski definition) is 0. The average molecular weight is 196 g/mol. The highest BCUT2D eigenvalue weighted by molar-refractivity contribution is 5.38. The second kappa shape index (κ2) is 11.6. The lowest BCUT2D eigenvalue weighted by molar-refractivity contribution is 0.355. The zero-order valence-corrected chi connectivity index (χ0v) is 9.54. The van der Waals surface area contributed by atoms with Crippen LogP contribution in [0.4, 0.5) is 0 Å². The Labute approximate surface area is 87.2 Å². The summed E-state index contributed by atoms with van der Waals surface area (Å²) in [5, 5.41) is 0.